The van der Waals surface area contributed by atoms with E-state index in [4.69, 9.17) is 5.11 Å². The highest BCUT2D eigenvalue weighted by molar-refractivity contribution is 6.39. The molecule has 178 valence electrons. The number of nitrogens with one attached hydrogen (secondary N) is 1. The summed E-state index contributed by atoms with van der Waals surface area (Å²) in [6, 6.07) is 12.7. The van der Waals surface area contributed by atoms with Crippen LogP contribution in [0.3, 0.4) is 0 Å². The number of hydrogen-bond donors (Lipinski definition) is 2. The zero-order valence-corrected chi connectivity index (χ0v) is 19.2. The molecule has 1 aliphatic heterocycles. The molecule has 1 saturated heterocycles. The fraction of sp³-hybridized carbons (Fsp3) is 0.357. The number of barbiturate groups is 1. The number of carboxylic acid groups (broad SMARTS) is 1. The Morgan fingerprint density at radius 2 is 1.46 bits per heavy atom. The van der Waals surface area contributed by atoms with Crippen LogP contribution < -0.4 is 10.2 Å². The van der Waals surface area contributed by atoms with Crippen LogP contribution in [0, 0.1) is 17.8 Å². The van der Waals surface area contributed by atoms with Crippen molar-refractivity contribution in [2.24, 2.45) is 17.8 Å². The molecule has 0 radical (unpaired) electrons. The Labute approximate surface area is 202 Å². The maximum atomic E-state index is 13.2. The highest BCUT2D eigenvalue weighted by Crippen LogP contribution is 2.60. The summed E-state index contributed by atoms with van der Waals surface area (Å²) in [4.78, 5) is 50.3. The molecule has 0 aromatic heterocycles. The van der Waals surface area contributed by atoms with Gasteiger partial charge in [0.15, 0.2) is 0 Å². The summed E-state index contributed by atoms with van der Waals surface area (Å²) in [6.07, 6.45) is 9.13. The molecule has 2 aromatic carbocycles. The lowest BCUT2D eigenvalue weighted by Crippen LogP contribution is -2.54. The molecule has 7 nitrogen and oxygen atoms in total. The summed E-state index contributed by atoms with van der Waals surface area (Å²) in [6.45, 7) is 0. The molecule has 7 rings (SSSR count). The largest absolute Gasteiger partial charge is 0.478 e. The number of rotatable bonds is 4. The molecule has 1 heterocycles. The van der Waals surface area contributed by atoms with Gasteiger partial charge < -0.3 is 5.11 Å². The van der Waals surface area contributed by atoms with Crippen LogP contribution in [-0.2, 0) is 15.0 Å². The van der Waals surface area contributed by atoms with E-state index in [2.05, 4.69) is 5.32 Å². The number of carboxylic acids is 1. The van der Waals surface area contributed by atoms with Crippen molar-refractivity contribution in [2.45, 2.75) is 43.9 Å². The first-order valence-corrected chi connectivity index (χ1v) is 12.2. The van der Waals surface area contributed by atoms with Gasteiger partial charge in [-0.1, -0.05) is 24.3 Å². The Morgan fingerprint density at radius 1 is 0.886 bits per heavy atom. The number of imide groups is 2. The first-order chi connectivity index (χ1) is 16.8. The highest BCUT2D eigenvalue weighted by atomic mass is 16.4. The number of urea groups is 1. The number of anilines is 1. The molecular formula is C28H26N2O5. The van der Waals surface area contributed by atoms with E-state index in [0.717, 1.165) is 22.7 Å². The van der Waals surface area contributed by atoms with Gasteiger partial charge in [-0.2, -0.15) is 0 Å². The van der Waals surface area contributed by atoms with E-state index in [0.29, 0.717) is 11.3 Å². The predicted molar refractivity (Wildman–Crippen MR) is 129 cm³/mol. The Hall–Kier alpha value is -3.74. The Bertz CT molecular complexity index is 1240. The summed E-state index contributed by atoms with van der Waals surface area (Å²) < 4.78 is 0. The highest BCUT2D eigenvalue weighted by Gasteiger charge is 2.51. The number of benzene rings is 2. The molecule has 4 amide bonds. The van der Waals surface area contributed by atoms with Crippen molar-refractivity contribution < 1.29 is 24.3 Å². The van der Waals surface area contributed by atoms with Crippen molar-refractivity contribution in [2.75, 3.05) is 4.90 Å². The van der Waals surface area contributed by atoms with Crippen molar-refractivity contribution in [1.82, 2.24) is 5.32 Å². The average Bonchev–Trinajstić information content (AvgIpc) is 2.81. The Kier molecular flexibility index (Phi) is 4.91. The van der Waals surface area contributed by atoms with Crippen molar-refractivity contribution in [3.63, 3.8) is 0 Å². The number of carbonyl (C=O) groups is 4. The number of nitrogens with zero attached hydrogens (tertiary/aromatic N) is 1. The third kappa shape index (κ3) is 3.66. The minimum atomic E-state index is -1.07. The molecule has 0 atom stereocenters. The fourth-order valence-electron chi connectivity index (χ4n) is 7.21. The second-order valence-corrected chi connectivity index (χ2v) is 10.6. The Balaban J connectivity index is 1.27. The summed E-state index contributed by atoms with van der Waals surface area (Å²) in [5, 5.41) is 11.3. The van der Waals surface area contributed by atoms with Crippen LogP contribution >= 0.6 is 0 Å². The first kappa shape index (κ1) is 21.8. The molecule has 4 aliphatic carbocycles. The van der Waals surface area contributed by atoms with E-state index < -0.39 is 23.8 Å². The van der Waals surface area contributed by atoms with Gasteiger partial charge in [0.05, 0.1) is 11.3 Å². The van der Waals surface area contributed by atoms with Crippen LogP contribution in [0.25, 0.3) is 6.08 Å². The van der Waals surface area contributed by atoms with Gasteiger partial charge in [0.25, 0.3) is 11.8 Å². The molecule has 4 saturated carbocycles. The van der Waals surface area contributed by atoms with Crippen molar-refractivity contribution in [1.29, 1.82) is 0 Å². The number of hydrogen-bond acceptors (Lipinski definition) is 4. The lowest BCUT2D eigenvalue weighted by atomic mass is 9.48. The summed E-state index contributed by atoms with van der Waals surface area (Å²) >= 11 is 0. The zero-order chi connectivity index (χ0) is 24.3. The smallest absolute Gasteiger partial charge is 0.335 e. The second kappa shape index (κ2) is 7.90. The van der Waals surface area contributed by atoms with Gasteiger partial charge in [0.2, 0.25) is 0 Å². The maximum absolute atomic E-state index is 13.2. The van der Waals surface area contributed by atoms with Crippen molar-refractivity contribution in [3.05, 3.63) is 70.8 Å². The van der Waals surface area contributed by atoms with Crippen LogP contribution in [-0.4, -0.2) is 28.9 Å². The van der Waals surface area contributed by atoms with E-state index in [1.165, 1.54) is 74.4 Å². The average molecular weight is 471 g/mol. The molecule has 0 unspecified atom stereocenters. The lowest BCUT2D eigenvalue weighted by molar-refractivity contribution is -0.122. The van der Waals surface area contributed by atoms with Crippen LogP contribution in [0.4, 0.5) is 10.5 Å². The molecule has 2 N–H and O–H groups in total. The monoisotopic (exact) mass is 470 g/mol. The molecule has 2 aromatic rings. The third-order valence-electron chi connectivity index (χ3n) is 8.35. The van der Waals surface area contributed by atoms with Gasteiger partial charge in [-0.25, -0.2) is 14.5 Å². The van der Waals surface area contributed by atoms with E-state index in [1.54, 1.807) is 12.1 Å². The molecule has 35 heavy (non-hydrogen) atoms. The van der Waals surface area contributed by atoms with E-state index in [9.17, 15) is 19.2 Å². The summed E-state index contributed by atoms with van der Waals surface area (Å²) in [5.74, 6) is -0.0900. The molecule has 7 heteroatoms. The normalized spacial score (nSPS) is 30.6. The van der Waals surface area contributed by atoms with Gasteiger partial charge in [-0.05, 0) is 103 Å². The van der Waals surface area contributed by atoms with E-state index >= 15 is 0 Å². The Morgan fingerprint density at radius 3 is 2.00 bits per heavy atom. The predicted octanol–water partition coefficient (Wildman–Crippen LogP) is 4.52. The van der Waals surface area contributed by atoms with Crippen molar-refractivity contribution >= 4 is 35.6 Å². The quantitative estimate of drug-likeness (QED) is 0.505. The van der Waals surface area contributed by atoms with Gasteiger partial charge >= 0.3 is 12.0 Å². The van der Waals surface area contributed by atoms with Gasteiger partial charge in [0.1, 0.15) is 5.57 Å². The van der Waals surface area contributed by atoms with E-state index in [1.807, 2.05) is 12.1 Å². The fourth-order valence-corrected chi connectivity index (χ4v) is 7.21. The van der Waals surface area contributed by atoms with Crippen LogP contribution in [0.5, 0.6) is 0 Å². The van der Waals surface area contributed by atoms with Gasteiger partial charge in [0, 0.05) is 0 Å². The zero-order valence-electron chi connectivity index (χ0n) is 19.2. The second-order valence-electron chi connectivity index (χ2n) is 10.6. The molecule has 0 spiro atoms. The van der Waals surface area contributed by atoms with Crippen LogP contribution in [0.1, 0.15) is 60.0 Å². The molecular weight excluding hydrogens is 444 g/mol. The topological polar surface area (TPSA) is 104 Å². The minimum Gasteiger partial charge on any atom is -0.478 e. The van der Waals surface area contributed by atoms with Crippen LogP contribution in [0.15, 0.2) is 54.1 Å². The summed E-state index contributed by atoms with van der Waals surface area (Å²) in [7, 11) is 0. The summed E-state index contributed by atoms with van der Waals surface area (Å²) in [5.41, 5.74) is 2.32. The SMILES string of the molecule is O=C1NC(=O)N(c2ccc(C34CC5CC(CC(C5)C3)C4)cc2)C(=O)/C1=C/c1ccc(C(=O)O)cc1. The number of aromatic carboxylic acids is 1. The molecule has 5 fully saturated rings. The lowest BCUT2D eigenvalue weighted by Gasteiger charge is -2.57. The molecule has 4 bridgehead atoms. The van der Waals surface area contributed by atoms with Crippen LogP contribution in [0.2, 0.25) is 0 Å². The minimum absolute atomic E-state index is 0.0995. The maximum Gasteiger partial charge on any atom is 0.335 e. The van der Waals surface area contributed by atoms with Crippen molar-refractivity contribution in [3.8, 4) is 0 Å². The first-order valence-electron chi connectivity index (χ1n) is 12.2. The van der Waals surface area contributed by atoms with Gasteiger partial charge in [-0.3, -0.25) is 14.9 Å². The molecule has 5 aliphatic rings. The number of amides is 4. The van der Waals surface area contributed by atoms with Gasteiger partial charge in [-0.15, -0.1) is 0 Å². The third-order valence-corrected chi connectivity index (χ3v) is 8.35. The van der Waals surface area contributed by atoms with E-state index in [-0.39, 0.29) is 16.6 Å². The standard InChI is InChI=1S/C28H26N2O5/c31-24-23(12-16-1-3-20(4-2-16)26(33)34)25(32)30(27(35)29-24)22-7-5-21(6-8-22)28-13-17-9-18(14-28)11-19(10-17)15-28/h1-8,12,17-19H,9-11,13-15H2,(H,33,34)(H,29,31,35)/b23-12+. The number of carbonyl (C=O) groups excluding carboxylic acids is 3.